The maximum atomic E-state index is 12.9. The molecule has 3 heteroatoms. The largest absolute Gasteiger partial charge is 0.326 e. The molecule has 0 aliphatic carbocycles. The standard InChI is InChI=1S/C14H21FN2/c1-3-14(11-4-6-12(15)7-5-11)17-8-10(2)13(16)9-17/h4-7,10,13-14H,3,8-9,16H2,1-2H3. The molecule has 0 bridgehead atoms. The highest BCUT2D eigenvalue weighted by molar-refractivity contribution is 5.20. The van der Waals surface area contributed by atoms with Crippen LogP contribution in [0.3, 0.4) is 0 Å². The lowest BCUT2D eigenvalue weighted by Crippen LogP contribution is -2.30. The average molecular weight is 236 g/mol. The minimum atomic E-state index is -0.171. The summed E-state index contributed by atoms with van der Waals surface area (Å²) in [5, 5.41) is 0. The van der Waals surface area contributed by atoms with E-state index in [1.807, 2.05) is 12.1 Å². The molecule has 0 radical (unpaired) electrons. The Morgan fingerprint density at radius 3 is 2.47 bits per heavy atom. The van der Waals surface area contributed by atoms with Gasteiger partial charge < -0.3 is 5.73 Å². The molecule has 1 aromatic rings. The minimum Gasteiger partial charge on any atom is -0.326 e. The fourth-order valence-corrected chi connectivity index (χ4v) is 2.67. The second-order valence-electron chi connectivity index (χ2n) is 5.07. The van der Waals surface area contributed by atoms with E-state index in [-0.39, 0.29) is 11.9 Å². The molecule has 1 heterocycles. The molecule has 2 rings (SSSR count). The first-order valence-electron chi connectivity index (χ1n) is 6.37. The summed E-state index contributed by atoms with van der Waals surface area (Å²) in [7, 11) is 0. The molecule has 1 fully saturated rings. The summed E-state index contributed by atoms with van der Waals surface area (Å²) in [5.74, 6) is 0.375. The lowest BCUT2D eigenvalue weighted by atomic mass is 10.0. The van der Waals surface area contributed by atoms with Crippen LogP contribution >= 0.6 is 0 Å². The zero-order valence-electron chi connectivity index (χ0n) is 10.6. The van der Waals surface area contributed by atoms with Crippen molar-refractivity contribution in [3.05, 3.63) is 35.6 Å². The Morgan fingerprint density at radius 1 is 1.35 bits per heavy atom. The number of hydrogen-bond donors (Lipinski definition) is 1. The first-order chi connectivity index (χ1) is 8.11. The van der Waals surface area contributed by atoms with Crippen LogP contribution in [0.1, 0.15) is 31.9 Å². The maximum absolute atomic E-state index is 12.9. The number of likely N-dealkylation sites (tertiary alicyclic amines) is 1. The van der Waals surface area contributed by atoms with Gasteiger partial charge in [-0.1, -0.05) is 26.0 Å². The van der Waals surface area contributed by atoms with Gasteiger partial charge in [0.25, 0.3) is 0 Å². The highest BCUT2D eigenvalue weighted by Gasteiger charge is 2.31. The molecule has 94 valence electrons. The Kier molecular flexibility index (Phi) is 3.79. The van der Waals surface area contributed by atoms with Gasteiger partial charge in [0.15, 0.2) is 0 Å². The van der Waals surface area contributed by atoms with Crippen LogP contribution in [0.25, 0.3) is 0 Å². The normalized spacial score (nSPS) is 27.3. The molecule has 0 aromatic heterocycles. The molecule has 2 N–H and O–H groups in total. The van der Waals surface area contributed by atoms with Gasteiger partial charge >= 0.3 is 0 Å². The highest BCUT2D eigenvalue weighted by atomic mass is 19.1. The third kappa shape index (κ3) is 2.67. The first kappa shape index (κ1) is 12.5. The summed E-state index contributed by atoms with van der Waals surface area (Å²) in [6.45, 7) is 6.35. The van der Waals surface area contributed by atoms with Crippen LogP contribution in [-0.2, 0) is 0 Å². The molecule has 1 aliphatic heterocycles. The number of nitrogens with zero attached hydrogens (tertiary/aromatic N) is 1. The summed E-state index contributed by atoms with van der Waals surface area (Å²) in [4.78, 5) is 2.42. The molecule has 1 aliphatic rings. The van der Waals surface area contributed by atoms with E-state index in [1.165, 1.54) is 17.7 Å². The van der Waals surface area contributed by atoms with Crippen molar-refractivity contribution in [3.8, 4) is 0 Å². The quantitative estimate of drug-likeness (QED) is 0.874. The molecule has 3 atom stereocenters. The molecule has 17 heavy (non-hydrogen) atoms. The lowest BCUT2D eigenvalue weighted by Gasteiger charge is -2.27. The van der Waals surface area contributed by atoms with E-state index in [0.717, 1.165) is 19.5 Å². The molecule has 3 unspecified atom stereocenters. The first-order valence-corrected chi connectivity index (χ1v) is 6.37. The molecule has 0 spiro atoms. The third-order valence-electron chi connectivity index (χ3n) is 3.78. The van der Waals surface area contributed by atoms with Crippen LogP contribution in [-0.4, -0.2) is 24.0 Å². The van der Waals surface area contributed by atoms with Gasteiger partial charge in [-0.3, -0.25) is 4.90 Å². The van der Waals surface area contributed by atoms with Crippen LogP contribution in [0.5, 0.6) is 0 Å². The van der Waals surface area contributed by atoms with E-state index in [9.17, 15) is 4.39 Å². The Morgan fingerprint density at radius 2 is 2.00 bits per heavy atom. The predicted molar refractivity (Wildman–Crippen MR) is 68.1 cm³/mol. The SMILES string of the molecule is CCC(c1ccc(F)cc1)N1CC(C)C(N)C1. The van der Waals surface area contributed by atoms with Crippen molar-refractivity contribution in [2.45, 2.75) is 32.4 Å². The van der Waals surface area contributed by atoms with Crippen molar-refractivity contribution >= 4 is 0 Å². The van der Waals surface area contributed by atoms with E-state index in [1.54, 1.807) is 0 Å². The summed E-state index contributed by atoms with van der Waals surface area (Å²) in [6, 6.07) is 7.49. The van der Waals surface area contributed by atoms with E-state index >= 15 is 0 Å². The van der Waals surface area contributed by atoms with Crippen molar-refractivity contribution in [1.29, 1.82) is 0 Å². The van der Waals surface area contributed by atoms with Crippen molar-refractivity contribution in [1.82, 2.24) is 4.90 Å². The van der Waals surface area contributed by atoms with Gasteiger partial charge in [0.2, 0.25) is 0 Å². The minimum absolute atomic E-state index is 0.171. The summed E-state index contributed by atoms with van der Waals surface area (Å²) >= 11 is 0. The van der Waals surface area contributed by atoms with Crippen molar-refractivity contribution in [3.63, 3.8) is 0 Å². The van der Waals surface area contributed by atoms with Crippen LogP contribution in [0.2, 0.25) is 0 Å². The van der Waals surface area contributed by atoms with Gasteiger partial charge in [-0.25, -0.2) is 4.39 Å². The molecular formula is C14H21FN2. The van der Waals surface area contributed by atoms with Gasteiger partial charge in [0, 0.05) is 25.2 Å². The van der Waals surface area contributed by atoms with Gasteiger partial charge in [0.05, 0.1) is 0 Å². The van der Waals surface area contributed by atoms with E-state index in [4.69, 9.17) is 5.73 Å². The van der Waals surface area contributed by atoms with Gasteiger partial charge in [-0.15, -0.1) is 0 Å². The second-order valence-corrected chi connectivity index (χ2v) is 5.07. The van der Waals surface area contributed by atoms with Crippen LogP contribution in [0, 0.1) is 11.7 Å². The van der Waals surface area contributed by atoms with Crippen molar-refractivity contribution < 1.29 is 4.39 Å². The zero-order chi connectivity index (χ0) is 12.4. The molecule has 0 amide bonds. The predicted octanol–water partition coefficient (Wildman–Crippen LogP) is 2.56. The number of halogens is 1. The fourth-order valence-electron chi connectivity index (χ4n) is 2.67. The molecular weight excluding hydrogens is 215 g/mol. The molecule has 0 saturated carbocycles. The van der Waals surface area contributed by atoms with Crippen LogP contribution in [0.15, 0.2) is 24.3 Å². The Hall–Kier alpha value is -0.930. The monoisotopic (exact) mass is 236 g/mol. The van der Waals surface area contributed by atoms with E-state index < -0.39 is 0 Å². The molecule has 1 saturated heterocycles. The maximum Gasteiger partial charge on any atom is 0.123 e. The number of benzene rings is 1. The number of rotatable bonds is 3. The summed E-state index contributed by atoms with van der Waals surface area (Å²) in [6.07, 6.45) is 1.03. The van der Waals surface area contributed by atoms with Gasteiger partial charge in [-0.2, -0.15) is 0 Å². The van der Waals surface area contributed by atoms with Gasteiger partial charge in [0.1, 0.15) is 5.82 Å². The third-order valence-corrected chi connectivity index (χ3v) is 3.78. The smallest absolute Gasteiger partial charge is 0.123 e. The molecule has 2 nitrogen and oxygen atoms in total. The van der Waals surface area contributed by atoms with Gasteiger partial charge in [-0.05, 0) is 30.0 Å². The van der Waals surface area contributed by atoms with Crippen molar-refractivity contribution in [2.75, 3.05) is 13.1 Å². The second kappa shape index (κ2) is 5.15. The number of nitrogens with two attached hydrogens (primary N) is 1. The number of hydrogen-bond acceptors (Lipinski definition) is 2. The van der Waals surface area contributed by atoms with E-state index in [0.29, 0.717) is 12.0 Å². The van der Waals surface area contributed by atoms with Crippen LogP contribution < -0.4 is 5.73 Å². The zero-order valence-corrected chi connectivity index (χ0v) is 10.6. The Labute approximate surface area is 103 Å². The van der Waals surface area contributed by atoms with Crippen molar-refractivity contribution in [2.24, 2.45) is 11.7 Å². The Bertz CT molecular complexity index is 353. The fraction of sp³-hybridized carbons (Fsp3) is 0.571. The van der Waals surface area contributed by atoms with Crippen LogP contribution in [0.4, 0.5) is 4.39 Å². The highest BCUT2D eigenvalue weighted by Crippen LogP contribution is 2.29. The summed E-state index contributed by atoms with van der Waals surface area (Å²) < 4.78 is 12.9. The topological polar surface area (TPSA) is 29.3 Å². The molecule has 1 aromatic carbocycles. The average Bonchev–Trinajstić information content (AvgIpc) is 2.63. The van der Waals surface area contributed by atoms with E-state index in [2.05, 4.69) is 18.7 Å². The lowest BCUT2D eigenvalue weighted by molar-refractivity contribution is 0.231. The summed E-state index contributed by atoms with van der Waals surface area (Å²) in [5.41, 5.74) is 7.25. The Balaban J connectivity index is 2.14.